The Morgan fingerprint density at radius 1 is 0.361 bits per heavy atom. The molecule has 2 aliphatic heterocycles. The van der Waals surface area contributed by atoms with Gasteiger partial charge in [0.25, 0.3) is 0 Å². The van der Waals surface area contributed by atoms with Crippen LogP contribution in [0.2, 0.25) is 0 Å². The van der Waals surface area contributed by atoms with Gasteiger partial charge in [0.05, 0.1) is 52.9 Å². The number of hydrogen-bond acceptors (Lipinski definition) is 14. The molecule has 0 amide bonds. The minimum Gasteiger partial charge on any atom is -0.493 e. The maximum atomic E-state index is 10.2. The summed E-state index contributed by atoms with van der Waals surface area (Å²) < 4.78 is 25.4. The van der Waals surface area contributed by atoms with Crippen LogP contribution in [0.3, 0.4) is 0 Å². The molecule has 0 spiro atoms. The first-order valence-corrected chi connectivity index (χ1v) is 24.9. The van der Waals surface area contributed by atoms with Gasteiger partial charge in [-0.3, -0.25) is 0 Å². The summed E-state index contributed by atoms with van der Waals surface area (Å²) in [5.74, 6) is 3.96. The first-order chi connectivity index (χ1) is 34.6. The number of aromatic nitrogens is 8. The smallest absolute Gasteiger partial charge is 0.164 e. The SMILES string of the molecule is CCC(C)(CO)COc1ccc2c(c1)-c1nc-2nc2[nH]c(nc3nc(nc4[nH]c(n1)c1ccc(OCC(C)(CC)CO)cc41)-c1ccc(OCC(C)(CC)CO)cc1-3)c1ccc(OCC(C)(CC)CO)cc21. The lowest BCUT2D eigenvalue weighted by Crippen LogP contribution is -2.28. The summed E-state index contributed by atoms with van der Waals surface area (Å²) in [6.07, 6.45) is 2.92. The average molecular weight is 979 g/mol. The number of aliphatic hydroxyl groups is 4. The highest BCUT2D eigenvalue weighted by atomic mass is 16.5. The minimum absolute atomic E-state index is 0.0192. The summed E-state index contributed by atoms with van der Waals surface area (Å²) in [6, 6.07) is 22.9. The number of aliphatic hydroxyl groups excluding tert-OH is 4. The number of aromatic amines is 2. The van der Waals surface area contributed by atoms with E-state index in [-0.39, 0.29) is 26.4 Å². The summed E-state index contributed by atoms with van der Waals surface area (Å²) >= 11 is 0. The van der Waals surface area contributed by atoms with Gasteiger partial charge in [0.15, 0.2) is 23.3 Å². The zero-order valence-electron chi connectivity index (χ0n) is 42.5. The molecule has 4 atom stereocenters. The third kappa shape index (κ3) is 9.92. The number of fused-ring (bicyclic) bond motifs is 20. The lowest BCUT2D eigenvalue weighted by Gasteiger charge is -2.25. The molecule has 0 saturated heterocycles. The number of nitrogens with one attached hydrogen (secondary N) is 2. The predicted octanol–water partition coefficient (Wildman–Crippen LogP) is 10.0. The second kappa shape index (κ2) is 20.1. The lowest BCUT2D eigenvalue weighted by atomic mass is 9.90. The van der Waals surface area contributed by atoms with Gasteiger partial charge in [0.1, 0.15) is 45.6 Å². The fraction of sp³-hybridized carbons (Fsp3) is 0.429. The molecule has 72 heavy (non-hydrogen) atoms. The Labute approximate surface area is 418 Å². The van der Waals surface area contributed by atoms with Crippen LogP contribution in [0.25, 0.3) is 89.7 Å². The van der Waals surface area contributed by atoms with Crippen molar-refractivity contribution in [3.8, 4) is 68.5 Å². The van der Waals surface area contributed by atoms with E-state index in [0.29, 0.717) is 106 Å². The van der Waals surface area contributed by atoms with Crippen molar-refractivity contribution in [1.82, 2.24) is 39.9 Å². The van der Waals surface area contributed by atoms with Crippen LogP contribution in [0, 0.1) is 21.7 Å². The van der Waals surface area contributed by atoms with E-state index in [1.54, 1.807) is 0 Å². The molecule has 0 radical (unpaired) electrons. The third-order valence-electron chi connectivity index (χ3n) is 15.0. The van der Waals surface area contributed by atoms with Gasteiger partial charge in [-0.15, -0.1) is 0 Å². The van der Waals surface area contributed by atoms with E-state index < -0.39 is 21.7 Å². The third-order valence-corrected chi connectivity index (χ3v) is 15.0. The van der Waals surface area contributed by atoms with Gasteiger partial charge in [0, 0.05) is 65.5 Å². The minimum atomic E-state index is -0.432. The zero-order valence-corrected chi connectivity index (χ0v) is 42.5. The molecule has 9 rings (SSSR count). The van der Waals surface area contributed by atoms with Crippen LogP contribution < -0.4 is 18.9 Å². The molecule has 2 aliphatic rings. The van der Waals surface area contributed by atoms with Crippen molar-refractivity contribution in [1.29, 1.82) is 0 Å². The van der Waals surface area contributed by atoms with Crippen molar-refractivity contribution < 1.29 is 39.4 Å². The Balaban J connectivity index is 1.31. The van der Waals surface area contributed by atoms with Crippen LogP contribution in [-0.2, 0) is 0 Å². The second-order valence-electron chi connectivity index (χ2n) is 20.9. The van der Waals surface area contributed by atoms with Crippen LogP contribution >= 0.6 is 0 Å². The molecule has 7 aromatic rings. The normalized spacial score (nSPS) is 15.5. The summed E-state index contributed by atoms with van der Waals surface area (Å²) in [6.45, 7) is 17.2. The monoisotopic (exact) mass is 979 g/mol. The van der Waals surface area contributed by atoms with Crippen LogP contribution in [0.15, 0.2) is 72.8 Å². The molecule has 16 heteroatoms. The van der Waals surface area contributed by atoms with Gasteiger partial charge in [-0.2, -0.15) is 0 Å². The highest BCUT2D eigenvalue weighted by Gasteiger charge is 2.28. The average Bonchev–Trinajstić information content (AvgIpc) is 4.15. The Hall–Kier alpha value is -6.72. The quantitative estimate of drug-likeness (QED) is 0.0418. The molecule has 3 aromatic heterocycles. The van der Waals surface area contributed by atoms with E-state index in [9.17, 15) is 20.4 Å². The van der Waals surface area contributed by atoms with E-state index in [1.807, 2.05) is 128 Å². The summed E-state index contributed by atoms with van der Waals surface area (Å²) in [7, 11) is 0. The molecule has 0 saturated carbocycles. The number of benzene rings is 4. The number of rotatable bonds is 20. The van der Waals surface area contributed by atoms with Gasteiger partial charge in [0.2, 0.25) is 0 Å². The number of hydrogen-bond donors (Lipinski definition) is 6. The van der Waals surface area contributed by atoms with Crippen LogP contribution in [0.1, 0.15) is 81.1 Å². The van der Waals surface area contributed by atoms with Crippen molar-refractivity contribution in [2.75, 3.05) is 52.9 Å². The molecule has 8 bridgehead atoms. The van der Waals surface area contributed by atoms with Crippen LogP contribution in [0.4, 0.5) is 0 Å². The Morgan fingerprint density at radius 2 is 0.639 bits per heavy atom. The highest BCUT2D eigenvalue weighted by Crippen LogP contribution is 2.41. The second-order valence-corrected chi connectivity index (χ2v) is 20.9. The maximum absolute atomic E-state index is 10.2. The molecule has 16 nitrogen and oxygen atoms in total. The topological polar surface area (TPSA) is 227 Å². The van der Waals surface area contributed by atoms with Crippen molar-refractivity contribution in [3.63, 3.8) is 0 Å². The molecule has 378 valence electrons. The number of H-pyrrole nitrogens is 2. The molecule has 4 unspecified atom stereocenters. The first kappa shape index (κ1) is 50.2. The zero-order chi connectivity index (χ0) is 51.0. The van der Waals surface area contributed by atoms with Crippen molar-refractivity contribution in [3.05, 3.63) is 72.8 Å². The fourth-order valence-electron chi connectivity index (χ4n) is 8.14. The summed E-state index contributed by atoms with van der Waals surface area (Å²) in [4.78, 5) is 38.2. The van der Waals surface area contributed by atoms with Crippen LogP contribution in [-0.4, -0.2) is 113 Å². The van der Waals surface area contributed by atoms with Crippen LogP contribution in [0.5, 0.6) is 23.0 Å². The summed E-state index contributed by atoms with van der Waals surface area (Å²) in [5, 5.41) is 43.7. The van der Waals surface area contributed by atoms with E-state index in [1.165, 1.54) is 0 Å². The van der Waals surface area contributed by atoms with Crippen molar-refractivity contribution >= 4 is 44.1 Å². The largest absolute Gasteiger partial charge is 0.493 e. The van der Waals surface area contributed by atoms with Crippen molar-refractivity contribution in [2.45, 2.75) is 81.1 Å². The molecule has 0 fully saturated rings. The number of ether oxygens (including phenoxy) is 4. The first-order valence-electron chi connectivity index (χ1n) is 24.9. The molecular weight excluding hydrogens is 913 g/mol. The molecule has 4 aromatic carbocycles. The van der Waals surface area contributed by atoms with E-state index in [2.05, 4.69) is 9.97 Å². The molecular formula is C56H66N8O8. The van der Waals surface area contributed by atoms with Gasteiger partial charge >= 0.3 is 0 Å². The molecule has 0 aliphatic carbocycles. The Bertz CT molecular complexity index is 3080. The fourth-order valence-corrected chi connectivity index (χ4v) is 8.14. The van der Waals surface area contributed by atoms with Gasteiger partial charge in [-0.25, -0.2) is 29.9 Å². The van der Waals surface area contributed by atoms with E-state index in [0.717, 1.165) is 58.4 Å². The Kier molecular flexibility index (Phi) is 14.0. The Morgan fingerprint density at radius 3 is 0.944 bits per heavy atom. The molecule has 6 N–H and O–H groups in total. The van der Waals surface area contributed by atoms with E-state index >= 15 is 0 Å². The van der Waals surface area contributed by atoms with Crippen molar-refractivity contribution in [2.24, 2.45) is 21.7 Å². The van der Waals surface area contributed by atoms with Gasteiger partial charge in [-0.1, -0.05) is 55.4 Å². The predicted molar refractivity (Wildman–Crippen MR) is 280 cm³/mol. The number of nitrogens with zero attached hydrogens (tertiary/aromatic N) is 6. The van der Waals surface area contributed by atoms with Gasteiger partial charge in [-0.05, 0) is 98.5 Å². The van der Waals surface area contributed by atoms with E-state index in [4.69, 9.17) is 48.9 Å². The standard InChI is InChI=1S/C56H66N8O8/c1-9-53(5,25-65)29-69-33-13-17-37-41(21-33)49-57-45(37)62-50-43-23-35(71-31-55(7,11-3)27-67)15-19-39(43)47(59-50)64-52-44-24-36(72-32-56(8,12-4)28-68)16-20-40(44)48(60-52)63-51-42-22-34(70-30-54(6,10-2)26-66)14-18-38(42)46(58-51)61-49/h13-24,65-68H,9-12,25-32H2,1-8H3,(H2,57,58,59,60,61,62,63,64). The highest BCUT2D eigenvalue weighted by molar-refractivity contribution is 6.07. The summed E-state index contributed by atoms with van der Waals surface area (Å²) in [5.41, 5.74) is 3.03. The maximum Gasteiger partial charge on any atom is 0.164 e. The lowest BCUT2D eigenvalue weighted by molar-refractivity contribution is 0.0784. The molecule has 5 heterocycles. The van der Waals surface area contributed by atoms with Gasteiger partial charge < -0.3 is 49.3 Å².